The molecular weight excluding hydrogens is 406 g/mol. The number of aromatic nitrogens is 5. The van der Waals surface area contributed by atoms with Gasteiger partial charge in [-0.15, -0.1) is 0 Å². The van der Waals surface area contributed by atoms with Crippen molar-refractivity contribution in [3.63, 3.8) is 0 Å². The minimum Gasteiger partial charge on any atom is -0.456 e. The maximum absolute atomic E-state index is 13.1. The van der Waals surface area contributed by atoms with Crippen LogP contribution in [0.25, 0.3) is 27.9 Å². The molecule has 5 aromatic rings. The van der Waals surface area contributed by atoms with Gasteiger partial charge in [0.2, 0.25) is 0 Å². The number of rotatable bonds is 5. The molecule has 4 heterocycles. The highest BCUT2D eigenvalue weighted by molar-refractivity contribution is 6.03. The molecule has 0 aliphatic heterocycles. The molecule has 5 rings (SSSR count). The van der Waals surface area contributed by atoms with Crippen LogP contribution in [0.2, 0.25) is 0 Å². The standard InChI is InChI=1S/C24H19N5O3/c1-2-29-23-19(14-25-29)18(13-20(27-23)16-8-4-3-5-9-16)24(31)32-15-17-12-22(30)28-11-7-6-10-21(28)26-17/h3-14H,2,15H2,1H3. The minimum atomic E-state index is -0.528. The number of aryl methyl sites for hydroxylation is 1. The predicted molar refractivity (Wildman–Crippen MR) is 119 cm³/mol. The van der Waals surface area contributed by atoms with E-state index >= 15 is 0 Å². The fourth-order valence-corrected chi connectivity index (χ4v) is 3.60. The molecule has 0 aliphatic rings. The van der Waals surface area contributed by atoms with Crippen molar-refractivity contribution in [1.29, 1.82) is 0 Å². The van der Waals surface area contributed by atoms with E-state index in [0.29, 0.717) is 40.2 Å². The van der Waals surface area contributed by atoms with Gasteiger partial charge in [0, 0.05) is 24.4 Å². The van der Waals surface area contributed by atoms with Gasteiger partial charge in [0.1, 0.15) is 12.3 Å². The van der Waals surface area contributed by atoms with Crippen LogP contribution in [0.5, 0.6) is 0 Å². The third-order valence-corrected chi connectivity index (χ3v) is 5.17. The normalized spacial score (nSPS) is 11.2. The van der Waals surface area contributed by atoms with Gasteiger partial charge in [0.05, 0.1) is 28.5 Å². The van der Waals surface area contributed by atoms with Crippen molar-refractivity contribution in [2.75, 3.05) is 0 Å². The summed E-state index contributed by atoms with van der Waals surface area (Å²) < 4.78 is 8.72. The molecule has 4 aromatic heterocycles. The molecule has 0 saturated heterocycles. The van der Waals surface area contributed by atoms with Gasteiger partial charge in [-0.25, -0.2) is 19.4 Å². The number of esters is 1. The third-order valence-electron chi connectivity index (χ3n) is 5.17. The summed E-state index contributed by atoms with van der Waals surface area (Å²) in [6.07, 6.45) is 3.27. The van der Waals surface area contributed by atoms with Crippen molar-refractivity contribution < 1.29 is 9.53 Å². The molecule has 32 heavy (non-hydrogen) atoms. The Hall–Kier alpha value is -4.33. The van der Waals surface area contributed by atoms with Gasteiger partial charge in [-0.05, 0) is 25.1 Å². The molecule has 0 spiro atoms. The van der Waals surface area contributed by atoms with Crippen LogP contribution in [0.15, 0.2) is 77.9 Å². The topological polar surface area (TPSA) is 91.4 Å². The average Bonchev–Trinajstić information content (AvgIpc) is 3.25. The molecule has 8 heteroatoms. The van der Waals surface area contributed by atoms with E-state index in [1.54, 1.807) is 41.3 Å². The molecule has 0 N–H and O–H groups in total. The van der Waals surface area contributed by atoms with E-state index in [0.717, 1.165) is 5.56 Å². The molecule has 0 amide bonds. The summed E-state index contributed by atoms with van der Waals surface area (Å²) in [6, 6.07) is 18.0. The Morgan fingerprint density at radius 2 is 1.84 bits per heavy atom. The Morgan fingerprint density at radius 1 is 1.03 bits per heavy atom. The van der Waals surface area contributed by atoms with E-state index in [2.05, 4.69) is 10.1 Å². The zero-order valence-electron chi connectivity index (χ0n) is 17.3. The van der Waals surface area contributed by atoms with Crippen molar-refractivity contribution in [3.05, 3.63) is 94.7 Å². The van der Waals surface area contributed by atoms with Gasteiger partial charge in [0.15, 0.2) is 5.65 Å². The summed E-state index contributed by atoms with van der Waals surface area (Å²) in [5.74, 6) is -0.528. The average molecular weight is 425 g/mol. The molecule has 0 bridgehead atoms. The number of hydrogen-bond acceptors (Lipinski definition) is 6. The minimum absolute atomic E-state index is 0.119. The smallest absolute Gasteiger partial charge is 0.339 e. The zero-order valence-corrected chi connectivity index (χ0v) is 17.3. The van der Waals surface area contributed by atoms with E-state index < -0.39 is 5.97 Å². The van der Waals surface area contributed by atoms with Gasteiger partial charge in [-0.2, -0.15) is 5.10 Å². The van der Waals surface area contributed by atoms with Crippen molar-refractivity contribution in [1.82, 2.24) is 24.1 Å². The third kappa shape index (κ3) is 3.51. The Bertz CT molecular complexity index is 1510. The second-order valence-electron chi connectivity index (χ2n) is 7.21. The summed E-state index contributed by atoms with van der Waals surface area (Å²) in [7, 11) is 0. The first-order valence-electron chi connectivity index (χ1n) is 10.2. The van der Waals surface area contributed by atoms with Crippen LogP contribution in [0.4, 0.5) is 0 Å². The van der Waals surface area contributed by atoms with Crippen molar-refractivity contribution >= 4 is 22.6 Å². The Balaban J connectivity index is 1.50. The molecule has 0 saturated carbocycles. The van der Waals surface area contributed by atoms with Gasteiger partial charge < -0.3 is 4.74 Å². The van der Waals surface area contributed by atoms with Crippen LogP contribution in [0, 0.1) is 0 Å². The Labute approximate surface area is 182 Å². The number of benzene rings is 1. The highest BCUT2D eigenvalue weighted by Crippen LogP contribution is 2.25. The van der Waals surface area contributed by atoms with E-state index in [9.17, 15) is 9.59 Å². The highest BCUT2D eigenvalue weighted by atomic mass is 16.5. The number of hydrogen-bond donors (Lipinski definition) is 0. The Kier molecular flexibility index (Phi) is 4.95. The number of carbonyl (C=O) groups is 1. The number of ether oxygens (including phenoxy) is 1. The first-order chi connectivity index (χ1) is 15.6. The second kappa shape index (κ2) is 8.07. The summed E-state index contributed by atoms with van der Waals surface area (Å²) in [5, 5.41) is 4.96. The highest BCUT2D eigenvalue weighted by Gasteiger charge is 2.19. The van der Waals surface area contributed by atoms with Crippen molar-refractivity contribution in [2.45, 2.75) is 20.1 Å². The van der Waals surface area contributed by atoms with Crippen LogP contribution >= 0.6 is 0 Å². The molecule has 0 atom stereocenters. The predicted octanol–water partition coefficient (Wildman–Crippen LogP) is 3.48. The quantitative estimate of drug-likeness (QED) is 0.401. The lowest BCUT2D eigenvalue weighted by Crippen LogP contribution is -2.16. The summed E-state index contributed by atoms with van der Waals surface area (Å²) >= 11 is 0. The first-order valence-corrected chi connectivity index (χ1v) is 10.2. The van der Waals surface area contributed by atoms with Crippen LogP contribution < -0.4 is 5.56 Å². The molecule has 0 unspecified atom stereocenters. The largest absolute Gasteiger partial charge is 0.456 e. The van der Waals surface area contributed by atoms with E-state index in [-0.39, 0.29) is 12.2 Å². The molecule has 0 aliphatic carbocycles. The van der Waals surface area contributed by atoms with Crippen molar-refractivity contribution in [3.8, 4) is 11.3 Å². The van der Waals surface area contributed by atoms with Gasteiger partial charge >= 0.3 is 5.97 Å². The number of fused-ring (bicyclic) bond motifs is 2. The molecule has 0 fully saturated rings. The monoisotopic (exact) mass is 425 g/mol. The van der Waals surface area contributed by atoms with Gasteiger partial charge in [0.25, 0.3) is 5.56 Å². The van der Waals surface area contributed by atoms with Crippen molar-refractivity contribution in [2.24, 2.45) is 0 Å². The molecular formula is C24H19N5O3. The van der Waals surface area contributed by atoms with Crippen LogP contribution in [0.3, 0.4) is 0 Å². The summed E-state index contributed by atoms with van der Waals surface area (Å²) in [6.45, 7) is 2.46. The zero-order chi connectivity index (χ0) is 22.1. The van der Waals surface area contributed by atoms with E-state index in [4.69, 9.17) is 9.72 Å². The maximum atomic E-state index is 13.1. The second-order valence-corrected chi connectivity index (χ2v) is 7.21. The lowest BCUT2D eigenvalue weighted by atomic mass is 10.1. The number of carbonyl (C=O) groups excluding carboxylic acids is 1. The SMILES string of the molecule is CCn1ncc2c(C(=O)OCc3cc(=O)n4ccccc4n3)cc(-c3ccccc3)nc21. The Morgan fingerprint density at radius 3 is 2.66 bits per heavy atom. The van der Waals surface area contributed by atoms with Crippen LogP contribution in [-0.4, -0.2) is 30.1 Å². The summed E-state index contributed by atoms with van der Waals surface area (Å²) in [5.41, 5.74) is 3.16. The van der Waals surface area contributed by atoms with Gasteiger partial charge in [-0.1, -0.05) is 36.4 Å². The first kappa shape index (κ1) is 19.6. The molecule has 1 aromatic carbocycles. The molecule has 0 radical (unpaired) electrons. The lowest BCUT2D eigenvalue weighted by molar-refractivity contribution is 0.0470. The number of pyridine rings is 2. The van der Waals surface area contributed by atoms with Crippen LogP contribution in [-0.2, 0) is 17.9 Å². The molecule has 158 valence electrons. The number of nitrogens with zero attached hydrogens (tertiary/aromatic N) is 5. The van der Waals surface area contributed by atoms with E-state index in [1.807, 2.05) is 37.3 Å². The van der Waals surface area contributed by atoms with Gasteiger partial charge in [-0.3, -0.25) is 9.20 Å². The molecule has 8 nitrogen and oxygen atoms in total. The fourth-order valence-electron chi connectivity index (χ4n) is 3.60. The summed E-state index contributed by atoms with van der Waals surface area (Å²) in [4.78, 5) is 34.5. The maximum Gasteiger partial charge on any atom is 0.339 e. The van der Waals surface area contributed by atoms with Crippen LogP contribution in [0.1, 0.15) is 23.0 Å². The van der Waals surface area contributed by atoms with E-state index in [1.165, 1.54) is 10.5 Å². The lowest BCUT2D eigenvalue weighted by Gasteiger charge is -2.09. The fraction of sp³-hybridized carbons (Fsp3) is 0.125.